The molecule has 1 amide bonds. The van der Waals surface area contributed by atoms with Crippen LogP contribution in [0.1, 0.15) is 30.1 Å². The standard InChI is InChI=1S/C24H31N3O8S2/c1-3-4-15-35-24(29)19-5-7-20(8-6-19)25-23(28)18-27(36(2,30)31)21-9-11-22(12-10-21)37(32,33)26-13-16-34-17-14-26/h5-12H,3-4,13-18H2,1-2H3,(H,25,28). The third-order valence-corrected chi connectivity index (χ3v) is 8.61. The van der Waals surface area contributed by atoms with Gasteiger partial charge in [-0.2, -0.15) is 4.31 Å². The summed E-state index contributed by atoms with van der Waals surface area (Å²) in [5.41, 5.74) is 0.846. The first-order valence-electron chi connectivity index (χ1n) is 11.7. The molecule has 1 aliphatic heterocycles. The molecule has 202 valence electrons. The van der Waals surface area contributed by atoms with Crippen LogP contribution < -0.4 is 9.62 Å². The van der Waals surface area contributed by atoms with Crippen molar-refractivity contribution in [1.82, 2.24) is 4.31 Å². The zero-order valence-corrected chi connectivity index (χ0v) is 22.4. The topological polar surface area (TPSA) is 139 Å². The minimum Gasteiger partial charge on any atom is -0.462 e. The number of benzene rings is 2. The van der Waals surface area contributed by atoms with Crippen LogP contribution in [-0.4, -0.2) is 78.7 Å². The molecule has 0 radical (unpaired) electrons. The van der Waals surface area contributed by atoms with Gasteiger partial charge in [0.25, 0.3) is 0 Å². The number of hydrogen-bond acceptors (Lipinski definition) is 8. The zero-order chi connectivity index (χ0) is 27.1. The molecule has 0 aliphatic carbocycles. The van der Waals surface area contributed by atoms with Gasteiger partial charge >= 0.3 is 5.97 Å². The van der Waals surface area contributed by atoms with Gasteiger partial charge in [0, 0.05) is 18.8 Å². The van der Waals surface area contributed by atoms with Crippen molar-refractivity contribution in [2.24, 2.45) is 0 Å². The van der Waals surface area contributed by atoms with Gasteiger partial charge < -0.3 is 14.8 Å². The van der Waals surface area contributed by atoms with Gasteiger partial charge in [0.1, 0.15) is 6.54 Å². The molecule has 0 saturated carbocycles. The number of anilines is 2. The van der Waals surface area contributed by atoms with Gasteiger partial charge in [-0.25, -0.2) is 21.6 Å². The Morgan fingerprint density at radius 3 is 2.19 bits per heavy atom. The highest BCUT2D eigenvalue weighted by Gasteiger charge is 2.27. The number of amides is 1. The second-order valence-corrected chi connectivity index (χ2v) is 12.2. The van der Waals surface area contributed by atoms with E-state index < -0.39 is 38.5 Å². The highest BCUT2D eigenvalue weighted by atomic mass is 32.2. The van der Waals surface area contributed by atoms with Crippen LogP contribution in [0.4, 0.5) is 11.4 Å². The number of esters is 1. The Morgan fingerprint density at radius 2 is 1.62 bits per heavy atom. The van der Waals surface area contributed by atoms with Gasteiger partial charge in [-0.1, -0.05) is 13.3 Å². The molecule has 1 saturated heterocycles. The lowest BCUT2D eigenvalue weighted by atomic mass is 10.2. The summed E-state index contributed by atoms with van der Waals surface area (Å²) in [7, 11) is -7.62. The van der Waals surface area contributed by atoms with Crippen LogP contribution in [0.3, 0.4) is 0 Å². The van der Waals surface area contributed by atoms with Crippen LogP contribution in [0.2, 0.25) is 0 Å². The Hall–Kier alpha value is -3.00. The Morgan fingerprint density at radius 1 is 1.00 bits per heavy atom. The molecule has 1 aliphatic rings. The van der Waals surface area contributed by atoms with E-state index >= 15 is 0 Å². The summed E-state index contributed by atoms with van der Waals surface area (Å²) in [6.07, 6.45) is 2.63. The van der Waals surface area contributed by atoms with E-state index in [0.717, 1.165) is 23.4 Å². The molecule has 3 rings (SSSR count). The molecule has 0 bridgehead atoms. The average Bonchev–Trinajstić information content (AvgIpc) is 2.88. The molecule has 2 aromatic carbocycles. The fourth-order valence-corrected chi connectivity index (χ4v) is 5.80. The molecular formula is C24H31N3O8S2. The third kappa shape index (κ3) is 7.74. The summed E-state index contributed by atoms with van der Waals surface area (Å²) in [6.45, 7) is 2.87. The molecule has 0 spiro atoms. The van der Waals surface area contributed by atoms with Crippen molar-refractivity contribution in [3.63, 3.8) is 0 Å². The number of nitrogens with zero attached hydrogens (tertiary/aromatic N) is 2. The molecule has 1 N–H and O–H groups in total. The minimum absolute atomic E-state index is 0.0179. The number of hydrogen-bond donors (Lipinski definition) is 1. The van der Waals surface area contributed by atoms with E-state index in [-0.39, 0.29) is 23.7 Å². The number of ether oxygens (including phenoxy) is 2. The van der Waals surface area contributed by atoms with Crippen LogP contribution in [0.25, 0.3) is 0 Å². The van der Waals surface area contributed by atoms with E-state index in [4.69, 9.17) is 9.47 Å². The van der Waals surface area contributed by atoms with Crippen molar-refractivity contribution < 1.29 is 35.9 Å². The number of carbonyl (C=O) groups is 2. The number of rotatable bonds is 11. The van der Waals surface area contributed by atoms with Gasteiger partial charge in [-0.15, -0.1) is 0 Å². The number of nitrogens with one attached hydrogen (secondary N) is 1. The van der Waals surface area contributed by atoms with Crippen molar-refractivity contribution in [3.8, 4) is 0 Å². The highest BCUT2D eigenvalue weighted by Crippen LogP contribution is 2.23. The molecule has 1 fully saturated rings. The first-order chi connectivity index (χ1) is 17.5. The lowest BCUT2D eigenvalue weighted by molar-refractivity contribution is -0.114. The molecule has 0 unspecified atom stereocenters. The summed E-state index contributed by atoms with van der Waals surface area (Å²) in [5, 5.41) is 2.60. The molecule has 2 aromatic rings. The van der Waals surface area contributed by atoms with Crippen LogP contribution in [-0.2, 0) is 34.3 Å². The maximum Gasteiger partial charge on any atom is 0.338 e. The maximum absolute atomic E-state index is 12.8. The zero-order valence-electron chi connectivity index (χ0n) is 20.8. The van der Waals surface area contributed by atoms with E-state index in [2.05, 4.69) is 5.32 Å². The predicted octanol–water partition coefficient (Wildman–Crippen LogP) is 2.07. The quantitative estimate of drug-likeness (QED) is 0.330. The normalized spacial score (nSPS) is 14.6. The van der Waals surface area contributed by atoms with Crippen LogP contribution in [0.15, 0.2) is 53.4 Å². The molecule has 0 atom stereocenters. The lowest BCUT2D eigenvalue weighted by Crippen LogP contribution is -2.40. The summed E-state index contributed by atoms with van der Waals surface area (Å²) in [4.78, 5) is 24.7. The van der Waals surface area contributed by atoms with Crippen molar-refractivity contribution in [1.29, 1.82) is 0 Å². The van der Waals surface area contributed by atoms with Crippen LogP contribution in [0.5, 0.6) is 0 Å². The monoisotopic (exact) mass is 553 g/mol. The highest BCUT2D eigenvalue weighted by molar-refractivity contribution is 7.92. The minimum atomic E-state index is -3.87. The first-order valence-corrected chi connectivity index (χ1v) is 15.0. The van der Waals surface area contributed by atoms with E-state index in [1.54, 1.807) is 0 Å². The second-order valence-electron chi connectivity index (χ2n) is 8.39. The van der Waals surface area contributed by atoms with E-state index in [9.17, 15) is 26.4 Å². The predicted molar refractivity (Wildman–Crippen MR) is 138 cm³/mol. The lowest BCUT2D eigenvalue weighted by Gasteiger charge is -2.26. The van der Waals surface area contributed by atoms with Gasteiger partial charge in [0.05, 0.1) is 42.2 Å². The van der Waals surface area contributed by atoms with Gasteiger partial charge in [-0.05, 0) is 55.0 Å². The van der Waals surface area contributed by atoms with Crippen molar-refractivity contribution in [2.45, 2.75) is 24.7 Å². The van der Waals surface area contributed by atoms with Crippen molar-refractivity contribution in [3.05, 3.63) is 54.1 Å². The largest absolute Gasteiger partial charge is 0.462 e. The van der Waals surface area contributed by atoms with Gasteiger partial charge in [-0.3, -0.25) is 9.10 Å². The number of carbonyl (C=O) groups excluding carboxylic acids is 2. The van der Waals surface area contributed by atoms with E-state index in [1.807, 2.05) is 6.92 Å². The molecule has 13 heteroatoms. The fourth-order valence-electron chi connectivity index (χ4n) is 3.53. The number of sulfonamides is 2. The maximum atomic E-state index is 12.8. The average molecular weight is 554 g/mol. The molecule has 0 aromatic heterocycles. The fraction of sp³-hybridized carbons (Fsp3) is 0.417. The summed E-state index contributed by atoms with van der Waals surface area (Å²) in [6, 6.07) is 11.4. The molecule has 11 nitrogen and oxygen atoms in total. The Kier molecular flexibility index (Phi) is 9.65. The summed E-state index contributed by atoms with van der Waals surface area (Å²) >= 11 is 0. The second kappa shape index (κ2) is 12.5. The SMILES string of the molecule is CCCCOC(=O)c1ccc(NC(=O)CN(c2ccc(S(=O)(=O)N3CCOCC3)cc2)S(C)(=O)=O)cc1. The van der Waals surface area contributed by atoms with Crippen molar-refractivity contribution >= 4 is 43.3 Å². The third-order valence-electron chi connectivity index (χ3n) is 5.56. The molecular weight excluding hydrogens is 522 g/mol. The van der Waals surface area contributed by atoms with Gasteiger partial charge in [0.15, 0.2) is 0 Å². The Balaban J connectivity index is 1.68. The molecule has 37 heavy (non-hydrogen) atoms. The first kappa shape index (κ1) is 28.6. The van der Waals surface area contributed by atoms with Crippen molar-refractivity contribution in [2.75, 3.05) is 55.3 Å². The number of morpholine rings is 1. The summed E-state index contributed by atoms with van der Waals surface area (Å²) in [5.74, 6) is -1.08. The van der Waals surface area contributed by atoms with E-state index in [0.29, 0.717) is 31.1 Å². The smallest absolute Gasteiger partial charge is 0.338 e. The van der Waals surface area contributed by atoms with Crippen LogP contribution >= 0.6 is 0 Å². The van der Waals surface area contributed by atoms with Gasteiger partial charge in [0.2, 0.25) is 26.0 Å². The Bertz CT molecular complexity index is 1290. The Labute approximate surface area is 217 Å². The van der Waals surface area contributed by atoms with Crippen LogP contribution in [0, 0.1) is 0 Å². The summed E-state index contributed by atoms with van der Waals surface area (Å²) < 4.78 is 63.0. The van der Waals surface area contributed by atoms with E-state index in [1.165, 1.54) is 52.8 Å². The number of unbranched alkanes of at least 4 members (excludes halogenated alkanes) is 1. The molecule has 1 heterocycles.